The number of nitrogens with zero attached hydrogens (tertiary/aromatic N) is 5. The summed E-state index contributed by atoms with van der Waals surface area (Å²) in [6, 6.07) is 8.79. The summed E-state index contributed by atoms with van der Waals surface area (Å²) in [6.45, 7) is 1.84. The van der Waals surface area contributed by atoms with E-state index in [1.807, 2.05) is 16.0 Å². The summed E-state index contributed by atoms with van der Waals surface area (Å²) >= 11 is 7.45. The molecule has 5 rings (SSSR count). The molecule has 25 heavy (non-hydrogen) atoms. The maximum Gasteiger partial charge on any atom is 0.198 e. The molecule has 1 aromatic carbocycles. The van der Waals surface area contributed by atoms with Gasteiger partial charge in [-0.25, -0.2) is 9.67 Å². The van der Waals surface area contributed by atoms with Crippen molar-refractivity contribution in [3.05, 3.63) is 39.9 Å². The predicted molar refractivity (Wildman–Crippen MR) is 102 cm³/mol. The number of benzene rings is 1. The summed E-state index contributed by atoms with van der Waals surface area (Å²) in [5.41, 5.74) is 1.11. The van der Waals surface area contributed by atoms with Crippen LogP contribution < -0.4 is 0 Å². The third-order valence-corrected chi connectivity index (χ3v) is 6.91. The van der Waals surface area contributed by atoms with Crippen molar-refractivity contribution in [2.45, 2.75) is 44.3 Å². The van der Waals surface area contributed by atoms with Crippen LogP contribution >= 0.6 is 23.6 Å². The molecule has 1 saturated carbocycles. The lowest BCUT2D eigenvalue weighted by molar-refractivity contribution is 0.189. The molecule has 3 heterocycles. The molecule has 2 aliphatic rings. The van der Waals surface area contributed by atoms with Gasteiger partial charge < -0.3 is 4.57 Å². The van der Waals surface area contributed by atoms with Gasteiger partial charge in [-0.05, 0) is 50.0 Å². The van der Waals surface area contributed by atoms with Crippen molar-refractivity contribution in [3.8, 4) is 0 Å². The molecule has 1 aliphatic heterocycles. The van der Waals surface area contributed by atoms with Gasteiger partial charge in [-0.15, -0.1) is 11.3 Å². The molecular formula is C18H21N5S2. The fourth-order valence-corrected chi connectivity index (χ4v) is 5.10. The lowest BCUT2D eigenvalue weighted by Crippen LogP contribution is -2.27. The number of thiazole rings is 1. The zero-order valence-electron chi connectivity index (χ0n) is 14.3. The zero-order chi connectivity index (χ0) is 17.0. The van der Waals surface area contributed by atoms with E-state index in [-0.39, 0.29) is 0 Å². The van der Waals surface area contributed by atoms with Gasteiger partial charge in [-0.1, -0.05) is 12.1 Å². The molecule has 1 aliphatic carbocycles. The number of fused-ring (bicyclic) bond motifs is 1. The second-order valence-corrected chi connectivity index (χ2v) is 8.53. The number of likely N-dealkylation sites (tertiary alicyclic amines) is 1. The quantitative estimate of drug-likeness (QED) is 0.643. The van der Waals surface area contributed by atoms with Gasteiger partial charge in [0.15, 0.2) is 4.77 Å². The molecule has 2 fully saturated rings. The first-order chi connectivity index (χ1) is 12.2. The zero-order valence-corrected chi connectivity index (χ0v) is 15.9. The normalized spacial score (nSPS) is 21.4. The van der Waals surface area contributed by atoms with E-state index in [4.69, 9.17) is 22.3 Å². The van der Waals surface area contributed by atoms with Crippen LogP contribution in [0.3, 0.4) is 0 Å². The monoisotopic (exact) mass is 371 g/mol. The smallest absolute Gasteiger partial charge is 0.198 e. The van der Waals surface area contributed by atoms with Gasteiger partial charge in [0, 0.05) is 19.5 Å². The number of para-hydroxylation sites is 1. The third kappa shape index (κ3) is 2.74. The average molecular weight is 372 g/mol. The highest BCUT2D eigenvalue weighted by atomic mass is 32.1. The van der Waals surface area contributed by atoms with E-state index in [9.17, 15) is 0 Å². The fourth-order valence-electron chi connectivity index (χ4n) is 3.77. The summed E-state index contributed by atoms with van der Waals surface area (Å²) in [7, 11) is 2.05. The Kier molecular flexibility index (Phi) is 3.76. The Hall–Kier alpha value is -1.57. The van der Waals surface area contributed by atoms with E-state index in [2.05, 4.69) is 40.8 Å². The van der Waals surface area contributed by atoms with Crippen molar-refractivity contribution >= 4 is 33.8 Å². The molecule has 0 bridgehead atoms. The molecule has 0 N–H and O–H groups in total. The Balaban J connectivity index is 1.43. The van der Waals surface area contributed by atoms with Crippen LogP contribution in [-0.4, -0.2) is 30.8 Å². The highest BCUT2D eigenvalue weighted by Crippen LogP contribution is 2.39. The van der Waals surface area contributed by atoms with E-state index >= 15 is 0 Å². The lowest BCUT2D eigenvalue weighted by Gasteiger charge is -2.22. The maximum absolute atomic E-state index is 5.63. The van der Waals surface area contributed by atoms with Crippen LogP contribution in [-0.2, 0) is 13.7 Å². The molecule has 0 unspecified atom stereocenters. The van der Waals surface area contributed by atoms with Gasteiger partial charge in [-0.3, -0.25) is 4.90 Å². The molecule has 1 atom stereocenters. The van der Waals surface area contributed by atoms with Crippen LogP contribution in [0.1, 0.15) is 48.5 Å². The SMILES string of the molecule is Cn1c(C2CC2)nn(CN2CCC[C@@H]2c2nc3ccccc3s2)c1=S. The highest BCUT2D eigenvalue weighted by Gasteiger charge is 2.32. The third-order valence-electron chi connectivity index (χ3n) is 5.29. The van der Waals surface area contributed by atoms with Crippen molar-refractivity contribution in [2.24, 2.45) is 7.05 Å². The van der Waals surface area contributed by atoms with Crippen molar-refractivity contribution in [1.82, 2.24) is 24.2 Å². The maximum atomic E-state index is 5.63. The molecule has 5 nitrogen and oxygen atoms in total. The summed E-state index contributed by atoms with van der Waals surface area (Å²) in [5.74, 6) is 1.77. The molecule has 3 aromatic rings. The number of hydrogen-bond donors (Lipinski definition) is 0. The fraction of sp³-hybridized carbons (Fsp3) is 0.500. The van der Waals surface area contributed by atoms with Crippen LogP contribution in [0.25, 0.3) is 10.2 Å². The Bertz CT molecular complexity index is 948. The van der Waals surface area contributed by atoms with Gasteiger partial charge in [-0.2, -0.15) is 5.10 Å². The molecule has 2 aromatic heterocycles. The van der Waals surface area contributed by atoms with Crippen LogP contribution in [0, 0.1) is 4.77 Å². The van der Waals surface area contributed by atoms with E-state index in [0.29, 0.717) is 12.0 Å². The molecular weight excluding hydrogens is 350 g/mol. The Morgan fingerprint density at radius 2 is 2.08 bits per heavy atom. The van der Waals surface area contributed by atoms with Crippen molar-refractivity contribution in [3.63, 3.8) is 0 Å². The summed E-state index contributed by atoms with van der Waals surface area (Å²) in [6.07, 6.45) is 4.86. The van der Waals surface area contributed by atoms with E-state index in [0.717, 1.165) is 35.7 Å². The number of hydrogen-bond acceptors (Lipinski definition) is 5. The van der Waals surface area contributed by atoms with Crippen molar-refractivity contribution in [1.29, 1.82) is 0 Å². The van der Waals surface area contributed by atoms with Crippen LogP contribution in [0.2, 0.25) is 0 Å². The Labute approximate surface area is 155 Å². The first-order valence-electron chi connectivity index (χ1n) is 8.94. The number of rotatable bonds is 4. The van der Waals surface area contributed by atoms with E-state index in [1.165, 1.54) is 29.0 Å². The average Bonchev–Trinajstić information content (AvgIpc) is 3.10. The minimum absolute atomic E-state index is 0.380. The molecule has 0 spiro atoms. The Morgan fingerprint density at radius 3 is 2.88 bits per heavy atom. The lowest BCUT2D eigenvalue weighted by atomic mass is 10.2. The van der Waals surface area contributed by atoms with Gasteiger partial charge >= 0.3 is 0 Å². The van der Waals surface area contributed by atoms with Crippen LogP contribution in [0.4, 0.5) is 0 Å². The second-order valence-electron chi connectivity index (χ2n) is 7.11. The van der Waals surface area contributed by atoms with Gasteiger partial charge in [0.1, 0.15) is 10.8 Å². The summed E-state index contributed by atoms with van der Waals surface area (Å²) in [4.78, 5) is 7.37. The first-order valence-corrected chi connectivity index (χ1v) is 10.2. The molecule has 0 radical (unpaired) electrons. The standard InChI is InChI=1S/C18H21N5S2/c1-21-16(12-8-9-12)20-23(18(21)24)11-22-10-4-6-14(22)17-19-13-5-2-3-7-15(13)25-17/h2-3,5,7,12,14H,4,6,8-11H2,1H3/t14-/m1/s1. The minimum Gasteiger partial charge on any atom is -0.307 e. The Morgan fingerprint density at radius 1 is 1.24 bits per heavy atom. The molecule has 0 amide bonds. The van der Waals surface area contributed by atoms with E-state index < -0.39 is 0 Å². The highest BCUT2D eigenvalue weighted by molar-refractivity contribution is 7.71. The second kappa shape index (κ2) is 6.00. The predicted octanol–water partition coefficient (Wildman–Crippen LogP) is 4.23. The van der Waals surface area contributed by atoms with Crippen LogP contribution in [0.5, 0.6) is 0 Å². The van der Waals surface area contributed by atoms with Gasteiger partial charge in [0.2, 0.25) is 0 Å². The molecule has 130 valence electrons. The molecule has 1 saturated heterocycles. The van der Waals surface area contributed by atoms with Crippen molar-refractivity contribution < 1.29 is 0 Å². The van der Waals surface area contributed by atoms with Gasteiger partial charge in [0.05, 0.1) is 22.9 Å². The first kappa shape index (κ1) is 15.7. The summed E-state index contributed by atoms with van der Waals surface area (Å²) < 4.78 is 6.20. The minimum atomic E-state index is 0.380. The summed E-state index contributed by atoms with van der Waals surface area (Å²) in [5, 5.41) is 6.05. The van der Waals surface area contributed by atoms with Crippen LogP contribution in [0.15, 0.2) is 24.3 Å². The largest absolute Gasteiger partial charge is 0.307 e. The van der Waals surface area contributed by atoms with E-state index in [1.54, 1.807) is 0 Å². The van der Waals surface area contributed by atoms with Gasteiger partial charge in [0.25, 0.3) is 0 Å². The topological polar surface area (TPSA) is 38.9 Å². The number of aromatic nitrogens is 4. The van der Waals surface area contributed by atoms with Crippen molar-refractivity contribution in [2.75, 3.05) is 6.54 Å². The molecule has 7 heteroatoms.